The van der Waals surface area contributed by atoms with Crippen LogP contribution < -0.4 is 4.74 Å². The summed E-state index contributed by atoms with van der Waals surface area (Å²) in [4.78, 5) is 2.54. The fourth-order valence-electron chi connectivity index (χ4n) is 2.37. The van der Waals surface area contributed by atoms with Crippen molar-refractivity contribution in [3.05, 3.63) is 29.8 Å². The van der Waals surface area contributed by atoms with Gasteiger partial charge in [-0.05, 0) is 57.5 Å². The van der Waals surface area contributed by atoms with Gasteiger partial charge in [-0.3, -0.25) is 4.90 Å². The molecule has 0 aromatic heterocycles. The molecule has 1 aromatic carbocycles. The van der Waals surface area contributed by atoms with Gasteiger partial charge in [-0.25, -0.2) is 0 Å². The number of piperidine rings is 1. The second-order valence-electron chi connectivity index (χ2n) is 5.15. The van der Waals surface area contributed by atoms with Crippen molar-refractivity contribution in [3.63, 3.8) is 0 Å². The van der Waals surface area contributed by atoms with Crippen LogP contribution in [-0.4, -0.2) is 24.1 Å². The highest BCUT2D eigenvalue weighted by atomic mass is 16.5. The lowest BCUT2D eigenvalue weighted by Gasteiger charge is -2.26. The molecule has 0 bridgehead atoms. The number of likely N-dealkylation sites (tertiary alicyclic amines) is 1. The Labute approximate surface area is 112 Å². The zero-order valence-electron chi connectivity index (χ0n) is 11.0. The lowest BCUT2D eigenvalue weighted by atomic mass is 10.1. The van der Waals surface area contributed by atoms with E-state index in [0.717, 1.165) is 12.3 Å². The van der Waals surface area contributed by atoms with Gasteiger partial charge in [-0.1, -0.05) is 26.0 Å². The third kappa shape index (κ3) is 4.69. The molecule has 0 unspecified atom stereocenters. The summed E-state index contributed by atoms with van der Waals surface area (Å²) in [5.74, 6) is 0.995. The van der Waals surface area contributed by atoms with Gasteiger partial charge in [0, 0.05) is 6.54 Å². The highest BCUT2D eigenvalue weighted by Crippen LogP contribution is 2.18. The largest absolute Gasteiger partial charge is 0.491 e. The molecule has 2 heteroatoms. The SMILES string of the molecule is C.CC(C)Oc1cccc(CN2CCCCC2)c1. The van der Waals surface area contributed by atoms with Gasteiger partial charge >= 0.3 is 0 Å². The molecule has 18 heavy (non-hydrogen) atoms. The van der Waals surface area contributed by atoms with Gasteiger partial charge in [-0.2, -0.15) is 0 Å². The summed E-state index contributed by atoms with van der Waals surface area (Å²) in [6.45, 7) is 7.69. The molecule has 1 saturated heterocycles. The van der Waals surface area contributed by atoms with E-state index in [2.05, 4.69) is 36.9 Å². The first-order valence-corrected chi connectivity index (χ1v) is 6.72. The Hall–Kier alpha value is -1.02. The average molecular weight is 249 g/mol. The van der Waals surface area contributed by atoms with Gasteiger partial charge in [-0.15, -0.1) is 0 Å². The lowest BCUT2D eigenvalue weighted by Crippen LogP contribution is -2.29. The molecule has 0 radical (unpaired) electrons. The van der Waals surface area contributed by atoms with Crippen LogP contribution in [0.2, 0.25) is 0 Å². The summed E-state index contributed by atoms with van der Waals surface area (Å²) in [7, 11) is 0. The summed E-state index contributed by atoms with van der Waals surface area (Å²) in [6, 6.07) is 8.51. The molecule has 1 aliphatic rings. The number of rotatable bonds is 4. The van der Waals surface area contributed by atoms with Crippen molar-refractivity contribution in [2.45, 2.75) is 53.2 Å². The Morgan fingerprint density at radius 1 is 1.17 bits per heavy atom. The number of hydrogen-bond donors (Lipinski definition) is 0. The van der Waals surface area contributed by atoms with E-state index in [-0.39, 0.29) is 13.5 Å². The molecule has 0 amide bonds. The number of benzene rings is 1. The minimum Gasteiger partial charge on any atom is -0.491 e. The first-order chi connectivity index (χ1) is 8.24. The molecule has 0 aliphatic carbocycles. The van der Waals surface area contributed by atoms with Crippen LogP contribution in [0, 0.1) is 0 Å². The summed E-state index contributed by atoms with van der Waals surface area (Å²) in [5, 5.41) is 0. The van der Waals surface area contributed by atoms with E-state index in [1.54, 1.807) is 0 Å². The summed E-state index contributed by atoms with van der Waals surface area (Å²) in [5.41, 5.74) is 1.37. The normalized spacial score (nSPS) is 16.4. The molecule has 1 heterocycles. The molecule has 0 atom stereocenters. The smallest absolute Gasteiger partial charge is 0.120 e. The maximum absolute atomic E-state index is 5.73. The standard InChI is InChI=1S/C15H23NO.CH4/c1-13(2)17-15-8-6-7-14(11-15)12-16-9-4-3-5-10-16;/h6-8,11,13H,3-5,9-10,12H2,1-2H3;1H4. The molecule has 0 spiro atoms. The number of ether oxygens (including phenoxy) is 1. The summed E-state index contributed by atoms with van der Waals surface area (Å²) in [6.07, 6.45) is 4.34. The molecule has 1 fully saturated rings. The summed E-state index contributed by atoms with van der Waals surface area (Å²) >= 11 is 0. The van der Waals surface area contributed by atoms with Crippen LogP contribution in [-0.2, 0) is 6.54 Å². The van der Waals surface area contributed by atoms with Crippen LogP contribution in [0.15, 0.2) is 24.3 Å². The van der Waals surface area contributed by atoms with Crippen LogP contribution in [0.1, 0.15) is 46.1 Å². The van der Waals surface area contributed by atoms with Gasteiger partial charge in [0.2, 0.25) is 0 Å². The number of nitrogens with zero attached hydrogens (tertiary/aromatic N) is 1. The third-order valence-corrected chi connectivity index (χ3v) is 3.13. The van der Waals surface area contributed by atoms with Gasteiger partial charge in [0.25, 0.3) is 0 Å². The quantitative estimate of drug-likeness (QED) is 0.796. The van der Waals surface area contributed by atoms with Crippen molar-refractivity contribution < 1.29 is 4.74 Å². The maximum atomic E-state index is 5.73. The fraction of sp³-hybridized carbons (Fsp3) is 0.625. The van der Waals surface area contributed by atoms with Crippen LogP contribution in [0.5, 0.6) is 5.75 Å². The topological polar surface area (TPSA) is 12.5 Å². The molecule has 1 aliphatic heterocycles. The van der Waals surface area contributed by atoms with Crippen molar-refractivity contribution in [1.29, 1.82) is 0 Å². The first-order valence-electron chi connectivity index (χ1n) is 6.72. The Morgan fingerprint density at radius 3 is 2.56 bits per heavy atom. The minimum atomic E-state index is 0. The Bertz CT molecular complexity index is 343. The second kappa shape index (κ2) is 7.42. The maximum Gasteiger partial charge on any atom is 0.120 e. The molecular formula is C16H27NO. The van der Waals surface area contributed by atoms with E-state index >= 15 is 0 Å². The Kier molecular flexibility index (Phi) is 6.20. The molecule has 2 nitrogen and oxygen atoms in total. The third-order valence-electron chi connectivity index (χ3n) is 3.13. The highest BCUT2D eigenvalue weighted by molar-refractivity contribution is 5.28. The fourth-order valence-corrected chi connectivity index (χ4v) is 2.37. The predicted molar refractivity (Wildman–Crippen MR) is 78.1 cm³/mol. The van der Waals surface area contributed by atoms with Gasteiger partial charge in [0.05, 0.1) is 6.10 Å². The van der Waals surface area contributed by atoms with E-state index in [9.17, 15) is 0 Å². The Morgan fingerprint density at radius 2 is 1.89 bits per heavy atom. The molecular weight excluding hydrogens is 222 g/mol. The molecule has 2 rings (SSSR count). The molecule has 0 N–H and O–H groups in total. The van der Waals surface area contributed by atoms with Crippen molar-refractivity contribution >= 4 is 0 Å². The van der Waals surface area contributed by atoms with E-state index in [4.69, 9.17) is 4.74 Å². The zero-order chi connectivity index (χ0) is 12.1. The highest BCUT2D eigenvalue weighted by Gasteiger charge is 2.10. The zero-order valence-corrected chi connectivity index (χ0v) is 11.0. The first kappa shape index (κ1) is 15.0. The van der Waals surface area contributed by atoms with Gasteiger partial charge in [0.15, 0.2) is 0 Å². The average Bonchev–Trinajstić information content (AvgIpc) is 2.30. The molecule has 102 valence electrons. The van der Waals surface area contributed by atoms with Crippen molar-refractivity contribution in [2.24, 2.45) is 0 Å². The predicted octanol–water partition coefficient (Wildman–Crippen LogP) is 4.10. The summed E-state index contributed by atoms with van der Waals surface area (Å²) < 4.78 is 5.73. The minimum absolute atomic E-state index is 0. The van der Waals surface area contributed by atoms with E-state index in [1.807, 2.05) is 6.07 Å². The second-order valence-corrected chi connectivity index (χ2v) is 5.15. The van der Waals surface area contributed by atoms with Crippen LogP contribution in [0.3, 0.4) is 0 Å². The van der Waals surface area contributed by atoms with Crippen LogP contribution in [0.4, 0.5) is 0 Å². The number of hydrogen-bond acceptors (Lipinski definition) is 2. The lowest BCUT2D eigenvalue weighted by molar-refractivity contribution is 0.219. The van der Waals surface area contributed by atoms with Gasteiger partial charge < -0.3 is 4.74 Å². The Balaban J connectivity index is 0.00000162. The van der Waals surface area contributed by atoms with E-state index in [1.165, 1.54) is 37.9 Å². The van der Waals surface area contributed by atoms with Crippen molar-refractivity contribution in [2.75, 3.05) is 13.1 Å². The van der Waals surface area contributed by atoms with E-state index in [0.29, 0.717) is 0 Å². The van der Waals surface area contributed by atoms with Crippen molar-refractivity contribution in [3.8, 4) is 5.75 Å². The van der Waals surface area contributed by atoms with Gasteiger partial charge in [0.1, 0.15) is 5.75 Å². The van der Waals surface area contributed by atoms with Crippen molar-refractivity contribution in [1.82, 2.24) is 4.90 Å². The van der Waals surface area contributed by atoms with Crippen LogP contribution in [0.25, 0.3) is 0 Å². The molecule has 0 saturated carbocycles. The molecule has 1 aromatic rings. The van der Waals surface area contributed by atoms with E-state index < -0.39 is 0 Å². The van der Waals surface area contributed by atoms with Crippen LogP contribution >= 0.6 is 0 Å². The monoisotopic (exact) mass is 249 g/mol.